The number of rotatable bonds is 6. The van der Waals surface area contributed by atoms with E-state index in [2.05, 4.69) is 0 Å². The number of nitrogens with zero attached hydrogens (tertiary/aromatic N) is 2. The summed E-state index contributed by atoms with van der Waals surface area (Å²) < 4.78 is 110. The van der Waals surface area contributed by atoms with Gasteiger partial charge in [0.2, 0.25) is 20.0 Å². The Labute approximate surface area is 237 Å². The molecule has 3 saturated heterocycles. The standard InChI is InChI=1S/C26H34N2O8S4/c1-17(2)19-5-9-21(10-6-19)39(33,34)27-23-13-37(29,30)15-25(23)28(26-16-38(31,32)14-24(26)27)40(35,36)22-11-7-20(8-12-22)18(3)4/h5-12,17-18,23-26H,13-16H2,1-4H3/t23-,24+,25+,26-. The molecule has 14 heteroatoms. The predicted molar refractivity (Wildman–Crippen MR) is 152 cm³/mol. The first kappa shape index (κ1) is 29.6. The van der Waals surface area contributed by atoms with Gasteiger partial charge in [0.25, 0.3) is 0 Å². The second-order valence-electron chi connectivity index (χ2n) is 11.5. The minimum Gasteiger partial charge on any atom is -0.229 e. The van der Waals surface area contributed by atoms with Crippen LogP contribution in [0, 0.1) is 0 Å². The highest BCUT2D eigenvalue weighted by Gasteiger charge is 2.63. The van der Waals surface area contributed by atoms with E-state index in [9.17, 15) is 33.7 Å². The van der Waals surface area contributed by atoms with Gasteiger partial charge >= 0.3 is 0 Å². The quantitative estimate of drug-likeness (QED) is 0.472. The van der Waals surface area contributed by atoms with Gasteiger partial charge in [-0.2, -0.15) is 8.61 Å². The Balaban J connectivity index is 1.65. The van der Waals surface area contributed by atoms with Crippen LogP contribution in [-0.4, -0.2) is 89.5 Å². The first-order valence-corrected chi connectivity index (χ1v) is 19.6. The Hall–Kier alpha value is -1.84. The van der Waals surface area contributed by atoms with Crippen molar-refractivity contribution in [1.29, 1.82) is 0 Å². The molecule has 0 spiro atoms. The zero-order chi connectivity index (χ0) is 29.4. The summed E-state index contributed by atoms with van der Waals surface area (Å²) in [7, 11) is -16.4. The van der Waals surface area contributed by atoms with Gasteiger partial charge in [-0.25, -0.2) is 33.7 Å². The van der Waals surface area contributed by atoms with Gasteiger partial charge in [0.15, 0.2) is 19.7 Å². The highest BCUT2D eigenvalue weighted by atomic mass is 32.2. The van der Waals surface area contributed by atoms with Crippen molar-refractivity contribution >= 4 is 39.7 Å². The van der Waals surface area contributed by atoms with Crippen LogP contribution < -0.4 is 0 Å². The summed E-state index contributed by atoms with van der Waals surface area (Å²) >= 11 is 0. The summed E-state index contributed by atoms with van der Waals surface area (Å²) in [6.45, 7) is 7.84. The van der Waals surface area contributed by atoms with Gasteiger partial charge in [-0.1, -0.05) is 52.0 Å². The van der Waals surface area contributed by atoms with Crippen molar-refractivity contribution in [1.82, 2.24) is 8.61 Å². The van der Waals surface area contributed by atoms with E-state index in [0.717, 1.165) is 19.7 Å². The fourth-order valence-corrected chi connectivity index (χ4v) is 14.1. The van der Waals surface area contributed by atoms with E-state index in [1.807, 2.05) is 27.7 Å². The molecule has 0 bridgehead atoms. The average molecular weight is 631 g/mol. The Morgan fingerprint density at radius 3 is 1.02 bits per heavy atom. The Morgan fingerprint density at radius 2 is 0.800 bits per heavy atom. The lowest BCUT2D eigenvalue weighted by Crippen LogP contribution is -2.69. The third-order valence-corrected chi connectivity index (χ3v) is 15.5. The lowest BCUT2D eigenvalue weighted by molar-refractivity contribution is 0.0841. The largest absolute Gasteiger partial charge is 0.243 e. The molecule has 2 aromatic rings. The normalized spacial score (nSPS) is 28.6. The second-order valence-corrected chi connectivity index (χ2v) is 19.5. The van der Waals surface area contributed by atoms with E-state index in [4.69, 9.17) is 0 Å². The zero-order valence-electron chi connectivity index (χ0n) is 22.7. The van der Waals surface area contributed by atoms with Crippen LogP contribution in [0.1, 0.15) is 50.7 Å². The molecule has 4 atom stereocenters. The van der Waals surface area contributed by atoms with Crippen LogP contribution in [-0.2, 0) is 39.7 Å². The molecule has 3 aliphatic heterocycles. The molecule has 10 nitrogen and oxygen atoms in total. The Bertz CT molecular complexity index is 1570. The van der Waals surface area contributed by atoms with Crippen LogP contribution >= 0.6 is 0 Å². The van der Waals surface area contributed by atoms with Crippen LogP contribution in [0.15, 0.2) is 58.3 Å². The van der Waals surface area contributed by atoms with E-state index in [1.165, 1.54) is 24.3 Å². The van der Waals surface area contributed by atoms with E-state index < -0.39 is 86.9 Å². The van der Waals surface area contributed by atoms with Crippen LogP contribution in [0.25, 0.3) is 0 Å². The molecule has 0 aromatic heterocycles. The van der Waals surface area contributed by atoms with Crippen LogP contribution in [0.3, 0.4) is 0 Å². The summed E-state index contributed by atoms with van der Waals surface area (Å²) in [6, 6.07) is 7.35. The molecular weight excluding hydrogens is 597 g/mol. The first-order chi connectivity index (χ1) is 18.4. The molecule has 0 aliphatic carbocycles. The number of hydrogen-bond acceptors (Lipinski definition) is 8. The molecule has 5 rings (SSSR count). The molecule has 3 aliphatic rings. The van der Waals surface area contributed by atoms with Crippen molar-refractivity contribution in [2.24, 2.45) is 0 Å². The van der Waals surface area contributed by atoms with Gasteiger partial charge in [-0.15, -0.1) is 0 Å². The highest BCUT2D eigenvalue weighted by molar-refractivity contribution is 7.93. The molecule has 0 unspecified atom stereocenters. The van der Waals surface area contributed by atoms with Gasteiger partial charge < -0.3 is 0 Å². The van der Waals surface area contributed by atoms with E-state index in [0.29, 0.717) is 0 Å². The van der Waals surface area contributed by atoms with Gasteiger partial charge in [0.1, 0.15) is 0 Å². The molecule has 40 heavy (non-hydrogen) atoms. The number of piperazine rings is 1. The fraction of sp³-hybridized carbons (Fsp3) is 0.538. The minimum atomic E-state index is -4.38. The molecule has 3 fully saturated rings. The van der Waals surface area contributed by atoms with Crippen molar-refractivity contribution in [3.05, 3.63) is 59.7 Å². The van der Waals surface area contributed by atoms with Gasteiger partial charge in [0, 0.05) is 0 Å². The summed E-state index contributed by atoms with van der Waals surface area (Å²) in [4.78, 5) is -0.188. The molecule has 3 heterocycles. The van der Waals surface area contributed by atoms with Crippen LogP contribution in [0.2, 0.25) is 0 Å². The van der Waals surface area contributed by atoms with E-state index in [1.54, 1.807) is 24.3 Å². The minimum absolute atomic E-state index is 0.0939. The van der Waals surface area contributed by atoms with Gasteiger partial charge in [-0.3, -0.25) is 0 Å². The van der Waals surface area contributed by atoms with E-state index in [-0.39, 0.29) is 21.6 Å². The Morgan fingerprint density at radius 1 is 0.550 bits per heavy atom. The third kappa shape index (κ3) is 5.04. The fourth-order valence-electron chi connectivity index (χ4n) is 6.09. The first-order valence-electron chi connectivity index (χ1n) is 13.1. The van der Waals surface area contributed by atoms with Crippen molar-refractivity contribution in [2.45, 2.75) is 73.5 Å². The van der Waals surface area contributed by atoms with Crippen molar-refractivity contribution in [3.8, 4) is 0 Å². The predicted octanol–water partition coefficient (Wildman–Crippen LogP) is 1.96. The number of benzene rings is 2. The summed E-state index contributed by atoms with van der Waals surface area (Å²) in [6.07, 6.45) is 0. The number of sulfonamides is 2. The molecular formula is C26H34N2O8S4. The molecule has 220 valence electrons. The van der Waals surface area contributed by atoms with Crippen molar-refractivity contribution in [3.63, 3.8) is 0 Å². The smallest absolute Gasteiger partial charge is 0.229 e. The molecule has 0 amide bonds. The number of sulfone groups is 2. The Kier molecular flexibility index (Phi) is 7.32. The molecule has 2 aromatic carbocycles. The van der Waals surface area contributed by atoms with Crippen LogP contribution in [0.4, 0.5) is 0 Å². The topological polar surface area (TPSA) is 143 Å². The maximum Gasteiger partial charge on any atom is 0.243 e. The zero-order valence-corrected chi connectivity index (χ0v) is 26.0. The van der Waals surface area contributed by atoms with E-state index >= 15 is 0 Å². The number of fused-ring (bicyclic) bond motifs is 2. The van der Waals surface area contributed by atoms with Crippen molar-refractivity contribution < 1.29 is 33.7 Å². The summed E-state index contributed by atoms with van der Waals surface area (Å²) in [5.41, 5.74) is 1.81. The summed E-state index contributed by atoms with van der Waals surface area (Å²) in [5, 5.41) is 0. The second kappa shape index (κ2) is 9.87. The van der Waals surface area contributed by atoms with Gasteiger partial charge in [0.05, 0.1) is 57.0 Å². The molecule has 0 N–H and O–H groups in total. The lowest BCUT2D eigenvalue weighted by Gasteiger charge is -2.49. The highest BCUT2D eigenvalue weighted by Crippen LogP contribution is 2.43. The maximum absolute atomic E-state index is 14.1. The lowest BCUT2D eigenvalue weighted by atomic mass is 10.0. The van der Waals surface area contributed by atoms with Crippen LogP contribution in [0.5, 0.6) is 0 Å². The third-order valence-electron chi connectivity index (χ3n) is 8.14. The maximum atomic E-state index is 14.1. The van der Waals surface area contributed by atoms with Crippen molar-refractivity contribution in [2.75, 3.05) is 23.0 Å². The SMILES string of the molecule is CC(C)c1ccc(S(=O)(=O)N2[C@@H]3CS(=O)(=O)C[C@@H]3N(S(=O)(=O)c3ccc(C(C)C)cc3)[C@@H]3CS(=O)(=O)C[C@@H]32)cc1. The average Bonchev–Trinajstić information content (AvgIpc) is 3.34. The molecule has 0 radical (unpaired) electrons. The summed E-state index contributed by atoms with van der Waals surface area (Å²) in [5.74, 6) is -2.08. The monoisotopic (exact) mass is 630 g/mol. The molecule has 0 saturated carbocycles. The van der Waals surface area contributed by atoms with Gasteiger partial charge in [-0.05, 0) is 47.2 Å². The number of hydrogen-bond donors (Lipinski definition) is 0.